The third-order valence-corrected chi connectivity index (χ3v) is 4.13. The van der Waals surface area contributed by atoms with Crippen molar-refractivity contribution in [2.24, 2.45) is 0 Å². The predicted octanol–water partition coefficient (Wildman–Crippen LogP) is 2.48. The summed E-state index contributed by atoms with van der Waals surface area (Å²) in [5.74, 6) is 1.23. The van der Waals surface area contributed by atoms with Crippen LogP contribution in [0.15, 0.2) is 18.5 Å². The van der Waals surface area contributed by atoms with Crippen LogP contribution in [0.1, 0.15) is 38.9 Å². The SMILES string of the molecule is CCCn1c(C2(C)CCCNC2)nc2cnccc21. The van der Waals surface area contributed by atoms with Gasteiger partial charge in [0.2, 0.25) is 0 Å². The minimum absolute atomic E-state index is 0.145. The summed E-state index contributed by atoms with van der Waals surface area (Å²) in [5.41, 5.74) is 2.39. The maximum atomic E-state index is 4.89. The van der Waals surface area contributed by atoms with E-state index < -0.39 is 0 Å². The molecule has 0 spiro atoms. The summed E-state index contributed by atoms with van der Waals surface area (Å²) in [6.07, 6.45) is 7.31. The van der Waals surface area contributed by atoms with Gasteiger partial charge in [-0.2, -0.15) is 0 Å². The molecule has 0 bridgehead atoms. The highest BCUT2D eigenvalue weighted by Crippen LogP contribution is 2.32. The van der Waals surface area contributed by atoms with Gasteiger partial charge in [-0.25, -0.2) is 4.98 Å². The average Bonchev–Trinajstić information content (AvgIpc) is 2.80. The first kappa shape index (κ1) is 12.6. The molecule has 1 saturated heterocycles. The minimum Gasteiger partial charge on any atom is -0.327 e. The lowest BCUT2D eigenvalue weighted by Crippen LogP contribution is -2.42. The van der Waals surface area contributed by atoms with Crippen molar-refractivity contribution < 1.29 is 0 Å². The second-order valence-electron chi connectivity index (χ2n) is 5.79. The first-order valence-corrected chi connectivity index (χ1v) is 7.26. The maximum absolute atomic E-state index is 4.89. The topological polar surface area (TPSA) is 42.7 Å². The average molecular weight is 258 g/mol. The first-order valence-electron chi connectivity index (χ1n) is 7.26. The number of rotatable bonds is 3. The molecule has 1 atom stereocenters. The predicted molar refractivity (Wildman–Crippen MR) is 77.3 cm³/mol. The second kappa shape index (κ2) is 4.93. The Labute approximate surface area is 114 Å². The van der Waals surface area contributed by atoms with Gasteiger partial charge in [0, 0.05) is 24.7 Å². The van der Waals surface area contributed by atoms with Crippen LogP contribution in [0.25, 0.3) is 11.0 Å². The quantitative estimate of drug-likeness (QED) is 0.919. The fraction of sp³-hybridized carbons (Fsp3) is 0.600. The largest absolute Gasteiger partial charge is 0.327 e. The molecule has 1 aliphatic rings. The molecule has 0 aromatic carbocycles. The van der Waals surface area contributed by atoms with E-state index in [1.165, 1.54) is 24.2 Å². The fourth-order valence-corrected chi connectivity index (χ4v) is 3.14. The Morgan fingerprint density at radius 2 is 2.37 bits per heavy atom. The highest BCUT2D eigenvalue weighted by Gasteiger charge is 2.33. The van der Waals surface area contributed by atoms with Gasteiger partial charge < -0.3 is 9.88 Å². The highest BCUT2D eigenvalue weighted by molar-refractivity contribution is 5.75. The molecule has 2 aromatic heterocycles. The maximum Gasteiger partial charge on any atom is 0.117 e. The molecule has 1 fully saturated rings. The van der Waals surface area contributed by atoms with Crippen molar-refractivity contribution in [1.82, 2.24) is 19.9 Å². The van der Waals surface area contributed by atoms with Crippen molar-refractivity contribution in [3.8, 4) is 0 Å². The number of pyridine rings is 1. The Hall–Kier alpha value is -1.42. The summed E-state index contributed by atoms with van der Waals surface area (Å²) >= 11 is 0. The van der Waals surface area contributed by atoms with Crippen LogP contribution in [-0.4, -0.2) is 27.6 Å². The lowest BCUT2D eigenvalue weighted by molar-refractivity contribution is 0.314. The van der Waals surface area contributed by atoms with Crippen LogP contribution in [0.5, 0.6) is 0 Å². The Balaban J connectivity index is 2.13. The summed E-state index contributed by atoms with van der Waals surface area (Å²) in [4.78, 5) is 9.09. The Kier molecular flexibility index (Phi) is 3.27. The summed E-state index contributed by atoms with van der Waals surface area (Å²) in [6, 6.07) is 2.08. The molecular formula is C15H22N4. The van der Waals surface area contributed by atoms with Gasteiger partial charge in [-0.3, -0.25) is 4.98 Å². The molecule has 0 radical (unpaired) electrons. The van der Waals surface area contributed by atoms with Gasteiger partial charge in [0.25, 0.3) is 0 Å². The van der Waals surface area contributed by atoms with Crippen LogP contribution >= 0.6 is 0 Å². The summed E-state index contributed by atoms with van der Waals surface area (Å²) < 4.78 is 2.39. The van der Waals surface area contributed by atoms with Crippen LogP contribution < -0.4 is 5.32 Å². The number of hydrogen-bond acceptors (Lipinski definition) is 3. The number of imidazole rings is 1. The minimum atomic E-state index is 0.145. The number of fused-ring (bicyclic) bond motifs is 1. The van der Waals surface area contributed by atoms with E-state index in [1.807, 2.05) is 12.4 Å². The van der Waals surface area contributed by atoms with Crippen molar-refractivity contribution in [2.75, 3.05) is 13.1 Å². The number of aryl methyl sites for hydroxylation is 1. The first-order chi connectivity index (χ1) is 9.24. The molecule has 0 aliphatic carbocycles. The van der Waals surface area contributed by atoms with Gasteiger partial charge in [-0.05, 0) is 31.9 Å². The van der Waals surface area contributed by atoms with E-state index in [0.29, 0.717) is 0 Å². The molecular weight excluding hydrogens is 236 g/mol. The van der Waals surface area contributed by atoms with Crippen molar-refractivity contribution in [2.45, 2.75) is 45.1 Å². The molecule has 0 saturated carbocycles. The molecule has 4 heteroatoms. The van der Waals surface area contributed by atoms with Crippen LogP contribution in [0.3, 0.4) is 0 Å². The number of nitrogens with one attached hydrogen (secondary N) is 1. The second-order valence-corrected chi connectivity index (χ2v) is 5.79. The molecule has 4 nitrogen and oxygen atoms in total. The van der Waals surface area contributed by atoms with Crippen molar-refractivity contribution in [1.29, 1.82) is 0 Å². The molecule has 3 heterocycles. The van der Waals surface area contributed by atoms with E-state index in [2.05, 4.69) is 34.8 Å². The number of nitrogens with zero attached hydrogens (tertiary/aromatic N) is 3. The molecule has 3 rings (SSSR count). The van der Waals surface area contributed by atoms with Crippen molar-refractivity contribution in [3.63, 3.8) is 0 Å². The molecule has 1 aliphatic heterocycles. The van der Waals surface area contributed by atoms with Crippen molar-refractivity contribution >= 4 is 11.0 Å². The number of hydrogen-bond donors (Lipinski definition) is 1. The van der Waals surface area contributed by atoms with Crippen LogP contribution in [-0.2, 0) is 12.0 Å². The van der Waals surface area contributed by atoms with Gasteiger partial charge in [0.05, 0.1) is 11.7 Å². The van der Waals surface area contributed by atoms with E-state index >= 15 is 0 Å². The Bertz CT molecular complexity index is 567. The van der Waals surface area contributed by atoms with Gasteiger partial charge >= 0.3 is 0 Å². The Morgan fingerprint density at radius 1 is 1.47 bits per heavy atom. The molecule has 102 valence electrons. The molecule has 19 heavy (non-hydrogen) atoms. The zero-order chi connectivity index (χ0) is 13.3. The fourth-order valence-electron chi connectivity index (χ4n) is 3.14. The van der Waals surface area contributed by atoms with Gasteiger partial charge in [-0.15, -0.1) is 0 Å². The monoisotopic (exact) mass is 258 g/mol. The van der Waals surface area contributed by atoms with Crippen LogP contribution in [0.2, 0.25) is 0 Å². The number of piperidine rings is 1. The smallest absolute Gasteiger partial charge is 0.117 e. The number of aromatic nitrogens is 3. The van der Waals surface area contributed by atoms with E-state index in [-0.39, 0.29) is 5.41 Å². The molecule has 1 N–H and O–H groups in total. The normalized spacial score (nSPS) is 23.9. The van der Waals surface area contributed by atoms with Crippen LogP contribution in [0, 0.1) is 0 Å². The highest BCUT2D eigenvalue weighted by atomic mass is 15.1. The summed E-state index contributed by atoms with van der Waals surface area (Å²) in [6.45, 7) is 7.74. The van der Waals surface area contributed by atoms with Gasteiger partial charge in [0.15, 0.2) is 0 Å². The van der Waals surface area contributed by atoms with Crippen molar-refractivity contribution in [3.05, 3.63) is 24.3 Å². The van der Waals surface area contributed by atoms with E-state index in [1.54, 1.807) is 0 Å². The van der Waals surface area contributed by atoms with E-state index in [0.717, 1.165) is 31.6 Å². The lowest BCUT2D eigenvalue weighted by Gasteiger charge is -2.34. The van der Waals surface area contributed by atoms with E-state index in [9.17, 15) is 0 Å². The zero-order valence-electron chi connectivity index (χ0n) is 11.8. The lowest BCUT2D eigenvalue weighted by atomic mass is 9.82. The zero-order valence-corrected chi connectivity index (χ0v) is 11.8. The van der Waals surface area contributed by atoms with Gasteiger partial charge in [-0.1, -0.05) is 13.8 Å². The van der Waals surface area contributed by atoms with Crippen LogP contribution in [0.4, 0.5) is 0 Å². The summed E-state index contributed by atoms with van der Waals surface area (Å²) in [5, 5.41) is 3.52. The third-order valence-electron chi connectivity index (χ3n) is 4.13. The third kappa shape index (κ3) is 2.14. The standard InChI is InChI=1S/C15H22N4/c1-3-9-19-13-5-8-16-10-12(13)18-14(19)15(2)6-4-7-17-11-15/h5,8,10,17H,3-4,6-7,9,11H2,1-2H3. The molecule has 1 unspecified atom stereocenters. The Morgan fingerprint density at radius 3 is 3.11 bits per heavy atom. The summed E-state index contributed by atoms with van der Waals surface area (Å²) in [7, 11) is 0. The molecule has 0 amide bonds. The van der Waals surface area contributed by atoms with E-state index in [4.69, 9.17) is 4.98 Å². The molecule has 2 aromatic rings. The van der Waals surface area contributed by atoms with Gasteiger partial charge in [0.1, 0.15) is 11.3 Å².